The van der Waals surface area contributed by atoms with Crippen LogP contribution < -0.4 is 10.6 Å². The van der Waals surface area contributed by atoms with Gasteiger partial charge < -0.3 is 10.6 Å². The van der Waals surface area contributed by atoms with E-state index in [-0.39, 0.29) is 6.04 Å². The molecule has 1 aliphatic rings. The minimum atomic E-state index is 0.187. The molecule has 19 heavy (non-hydrogen) atoms. The molecule has 2 N–H and O–H groups in total. The van der Waals surface area contributed by atoms with Crippen molar-refractivity contribution < 1.29 is 0 Å². The van der Waals surface area contributed by atoms with Crippen molar-refractivity contribution in [1.82, 2.24) is 4.98 Å². The SMILES string of the molecule is CC(N)Cc1nc(CN2CCc3ccccc32)cs1. The summed E-state index contributed by atoms with van der Waals surface area (Å²) in [7, 11) is 0. The number of aromatic nitrogens is 1. The minimum absolute atomic E-state index is 0.187. The lowest BCUT2D eigenvalue weighted by atomic mass is 10.2. The van der Waals surface area contributed by atoms with E-state index in [1.807, 2.05) is 6.92 Å². The Morgan fingerprint density at radius 1 is 1.42 bits per heavy atom. The van der Waals surface area contributed by atoms with Gasteiger partial charge in [0.25, 0.3) is 0 Å². The smallest absolute Gasteiger partial charge is 0.0944 e. The highest BCUT2D eigenvalue weighted by Crippen LogP contribution is 2.29. The summed E-state index contributed by atoms with van der Waals surface area (Å²) in [4.78, 5) is 7.10. The predicted molar refractivity (Wildman–Crippen MR) is 80.7 cm³/mol. The number of fused-ring (bicyclic) bond motifs is 1. The highest BCUT2D eigenvalue weighted by atomic mass is 32.1. The number of para-hydroxylation sites is 1. The molecule has 1 atom stereocenters. The summed E-state index contributed by atoms with van der Waals surface area (Å²) >= 11 is 1.72. The summed E-state index contributed by atoms with van der Waals surface area (Å²) in [6.45, 7) is 4.03. The fourth-order valence-electron chi connectivity index (χ4n) is 2.56. The third-order valence-electron chi connectivity index (χ3n) is 3.43. The molecule has 2 heterocycles. The van der Waals surface area contributed by atoms with E-state index in [2.05, 4.69) is 39.5 Å². The summed E-state index contributed by atoms with van der Waals surface area (Å²) in [5.41, 5.74) is 9.80. The molecule has 0 saturated carbocycles. The van der Waals surface area contributed by atoms with Crippen LogP contribution in [0.25, 0.3) is 0 Å². The van der Waals surface area contributed by atoms with Crippen LogP contribution in [0.15, 0.2) is 29.6 Å². The number of thiazole rings is 1. The largest absolute Gasteiger partial charge is 0.365 e. The Labute approximate surface area is 118 Å². The van der Waals surface area contributed by atoms with Crippen molar-refractivity contribution in [3.63, 3.8) is 0 Å². The molecule has 2 aromatic rings. The first-order valence-electron chi connectivity index (χ1n) is 6.74. The summed E-state index contributed by atoms with van der Waals surface area (Å²) in [5, 5.41) is 3.32. The van der Waals surface area contributed by atoms with Crippen LogP contribution in [0.1, 0.15) is 23.2 Å². The maximum atomic E-state index is 5.82. The molecule has 1 aromatic carbocycles. The fraction of sp³-hybridized carbons (Fsp3) is 0.400. The molecule has 3 rings (SSSR count). The first kappa shape index (κ1) is 12.6. The molecule has 0 saturated heterocycles. The Morgan fingerprint density at radius 2 is 2.26 bits per heavy atom. The molecular formula is C15H19N3S. The lowest BCUT2D eigenvalue weighted by Gasteiger charge is -2.17. The third-order valence-corrected chi connectivity index (χ3v) is 4.35. The first-order valence-corrected chi connectivity index (χ1v) is 7.62. The first-order chi connectivity index (χ1) is 9.22. The van der Waals surface area contributed by atoms with Crippen molar-refractivity contribution >= 4 is 17.0 Å². The Morgan fingerprint density at radius 3 is 3.11 bits per heavy atom. The number of nitrogens with zero attached hydrogens (tertiary/aromatic N) is 2. The van der Waals surface area contributed by atoms with E-state index in [1.54, 1.807) is 11.3 Å². The maximum absolute atomic E-state index is 5.82. The van der Waals surface area contributed by atoms with Gasteiger partial charge in [-0.2, -0.15) is 0 Å². The van der Waals surface area contributed by atoms with Crippen molar-refractivity contribution in [3.05, 3.63) is 45.9 Å². The molecule has 0 fully saturated rings. The molecule has 1 aromatic heterocycles. The summed E-state index contributed by atoms with van der Waals surface area (Å²) < 4.78 is 0. The van der Waals surface area contributed by atoms with E-state index < -0.39 is 0 Å². The van der Waals surface area contributed by atoms with Crippen LogP contribution >= 0.6 is 11.3 Å². The number of nitrogens with two attached hydrogens (primary N) is 1. The Kier molecular flexibility index (Phi) is 3.53. The standard InChI is InChI=1S/C15H19N3S/c1-11(16)8-15-17-13(10-19-15)9-18-7-6-12-4-2-3-5-14(12)18/h2-5,10-11H,6-9,16H2,1H3. The lowest BCUT2D eigenvalue weighted by molar-refractivity contribution is 0.728. The number of benzene rings is 1. The lowest BCUT2D eigenvalue weighted by Crippen LogP contribution is -2.20. The molecule has 0 amide bonds. The average Bonchev–Trinajstić information content (AvgIpc) is 2.97. The summed E-state index contributed by atoms with van der Waals surface area (Å²) in [5.74, 6) is 0. The van der Waals surface area contributed by atoms with Gasteiger partial charge in [0.2, 0.25) is 0 Å². The quantitative estimate of drug-likeness (QED) is 0.931. The van der Waals surface area contributed by atoms with Gasteiger partial charge in [-0.3, -0.25) is 0 Å². The molecular weight excluding hydrogens is 254 g/mol. The van der Waals surface area contributed by atoms with Crippen molar-refractivity contribution in [2.45, 2.75) is 32.4 Å². The van der Waals surface area contributed by atoms with Crippen molar-refractivity contribution in [3.8, 4) is 0 Å². The van der Waals surface area contributed by atoms with E-state index in [9.17, 15) is 0 Å². The number of rotatable bonds is 4. The number of hydrogen-bond donors (Lipinski definition) is 1. The van der Waals surface area contributed by atoms with Crippen LogP contribution in [0.5, 0.6) is 0 Å². The van der Waals surface area contributed by atoms with Gasteiger partial charge in [-0.25, -0.2) is 4.98 Å². The Hall–Kier alpha value is -1.39. The number of hydrogen-bond acceptors (Lipinski definition) is 4. The van der Waals surface area contributed by atoms with Gasteiger partial charge in [0.05, 0.1) is 17.2 Å². The topological polar surface area (TPSA) is 42.1 Å². The fourth-order valence-corrected chi connectivity index (χ4v) is 3.49. The summed E-state index contributed by atoms with van der Waals surface area (Å²) in [6.07, 6.45) is 2.02. The second kappa shape index (κ2) is 5.31. The zero-order valence-electron chi connectivity index (χ0n) is 11.2. The second-order valence-corrected chi connectivity index (χ2v) is 6.16. The van der Waals surface area contributed by atoms with E-state index >= 15 is 0 Å². The van der Waals surface area contributed by atoms with Crippen molar-refractivity contribution in [1.29, 1.82) is 0 Å². The maximum Gasteiger partial charge on any atom is 0.0944 e. The Bertz CT molecular complexity index is 562. The number of anilines is 1. The van der Waals surface area contributed by atoms with Gasteiger partial charge in [0, 0.05) is 30.1 Å². The van der Waals surface area contributed by atoms with Crippen LogP contribution in [-0.4, -0.2) is 17.6 Å². The van der Waals surface area contributed by atoms with Gasteiger partial charge in [-0.05, 0) is 25.0 Å². The van der Waals surface area contributed by atoms with Crippen LogP contribution in [0.2, 0.25) is 0 Å². The zero-order valence-corrected chi connectivity index (χ0v) is 12.0. The van der Waals surface area contributed by atoms with Crippen LogP contribution in [0.3, 0.4) is 0 Å². The van der Waals surface area contributed by atoms with E-state index in [0.717, 1.165) is 36.6 Å². The van der Waals surface area contributed by atoms with Crippen molar-refractivity contribution in [2.24, 2.45) is 5.73 Å². The highest BCUT2D eigenvalue weighted by molar-refractivity contribution is 7.09. The normalized spacial score (nSPS) is 15.6. The highest BCUT2D eigenvalue weighted by Gasteiger charge is 2.19. The molecule has 0 spiro atoms. The molecule has 4 heteroatoms. The molecule has 0 aliphatic carbocycles. The monoisotopic (exact) mass is 273 g/mol. The van der Waals surface area contributed by atoms with Crippen LogP contribution in [0.4, 0.5) is 5.69 Å². The zero-order chi connectivity index (χ0) is 13.2. The van der Waals surface area contributed by atoms with Crippen LogP contribution in [-0.2, 0) is 19.4 Å². The molecule has 0 bridgehead atoms. The van der Waals surface area contributed by atoms with Gasteiger partial charge in [0.1, 0.15) is 0 Å². The van der Waals surface area contributed by atoms with E-state index in [1.165, 1.54) is 11.3 Å². The van der Waals surface area contributed by atoms with Gasteiger partial charge in [0.15, 0.2) is 0 Å². The van der Waals surface area contributed by atoms with Gasteiger partial charge in [-0.1, -0.05) is 18.2 Å². The van der Waals surface area contributed by atoms with Gasteiger partial charge in [-0.15, -0.1) is 11.3 Å². The minimum Gasteiger partial charge on any atom is -0.365 e. The van der Waals surface area contributed by atoms with Crippen molar-refractivity contribution in [2.75, 3.05) is 11.4 Å². The molecule has 3 nitrogen and oxygen atoms in total. The van der Waals surface area contributed by atoms with Crippen LogP contribution in [0, 0.1) is 0 Å². The average molecular weight is 273 g/mol. The van der Waals surface area contributed by atoms with Gasteiger partial charge >= 0.3 is 0 Å². The molecule has 0 radical (unpaired) electrons. The molecule has 1 aliphatic heterocycles. The van der Waals surface area contributed by atoms with E-state index in [4.69, 9.17) is 5.73 Å². The molecule has 100 valence electrons. The third kappa shape index (κ3) is 2.80. The summed E-state index contributed by atoms with van der Waals surface area (Å²) in [6, 6.07) is 8.84. The second-order valence-electron chi connectivity index (χ2n) is 5.21. The predicted octanol–water partition coefficient (Wildman–Crippen LogP) is 2.60. The van der Waals surface area contributed by atoms with E-state index in [0.29, 0.717) is 0 Å². The Balaban J connectivity index is 1.71. The molecule has 1 unspecified atom stereocenters.